The average molecular weight is 198 g/mol. The van der Waals surface area contributed by atoms with Gasteiger partial charge in [0.1, 0.15) is 0 Å². The van der Waals surface area contributed by atoms with Gasteiger partial charge in [-0.3, -0.25) is 5.21 Å². The molecule has 0 saturated carbocycles. The van der Waals surface area contributed by atoms with Gasteiger partial charge in [0.05, 0.1) is 7.11 Å². The van der Waals surface area contributed by atoms with Gasteiger partial charge in [-0.2, -0.15) is 0 Å². The molecular weight excluding hydrogens is 182 g/mol. The summed E-state index contributed by atoms with van der Waals surface area (Å²) < 4.78 is 5.75. The predicted octanol–water partition coefficient (Wildman–Crippen LogP) is 1.13. The molecule has 0 aromatic heterocycles. The van der Waals surface area contributed by atoms with E-state index in [1.807, 2.05) is 6.92 Å². The summed E-state index contributed by atoms with van der Waals surface area (Å²) in [6.07, 6.45) is 5.66. The number of nitrogens with zero attached hydrogens (tertiary/aromatic N) is 1. The molecular formula is C10H16NO3+. The SMILES string of the molecule is COC(=O)C=CCC1CCC(C)=[N+]1O. The minimum absolute atomic E-state index is 0.107. The van der Waals surface area contributed by atoms with Crippen LogP contribution in [0, 0.1) is 0 Å². The molecule has 0 aliphatic carbocycles. The summed E-state index contributed by atoms with van der Waals surface area (Å²) in [5.41, 5.74) is 0.987. The lowest BCUT2D eigenvalue weighted by molar-refractivity contribution is -0.794. The first-order valence-corrected chi connectivity index (χ1v) is 4.70. The molecule has 0 bridgehead atoms. The minimum atomic E-state index is -0.354. The summed E-state index contributed by atoms with van der Waals surface area (Å²) in [7, 11) is 1.35. The van der Waals surface area contributed by atoms with E-state index in [1.54, 1.807) is 6.08 Å². The lowest BCUT2D eigenvalue weighted by Gasteiger charge is -1.99. The second-order valence-electron chi connectivity index (χ2n) is 3.43. The Labute approximate surface area is 83.5 Å². The number of carbonyl (C=O) groups excluding carboxylic acids is 1. The molecule has 1 unspecified atom stereocenters. The highest BCUT2D eigenvalue weighted by atomic mass is 16.5. The van der Waals surface area contributed by atoms with Crippen LogP contribution in [0.2, 0.25) is 0 Å². The van der Waals surface area contributed by atoms with Gasteiger partial charge >= 0.3 is 5.97 Å². The fourth-order valence-electron chi connectivity index (χ4n) is 1.53. The molecule has 1 rings (SSSR count). The van der Waals surface area contributed by atoms with Crippen molar-refractivity contribution in [1.82, 2.24) is 0 Å². The fraction of sp³-hybridized carbons (Fsp3) is 0.600. The molecule has 0 aromatic carbocycles. The van der Waals surface area contributed by atoms with E-state index < -0.39 is 0 Å². The second kappa shape index (κ2) is 4.79. The quantitative estimate of drug-likeness (QED) is 0.320. The highest BCUT2D eigenvalue weighted by molar-refractivity contribution is 5.81. The van der Waals surface area contributed by atoms with Crippen LogP contribution < -0.4 is 0 Å². The monoisotopic (exact) mass is 198 g/mol. The summed E-state index contributed by atoms with van der Waals surface area (Å²) in [6.45, 7) is 1.91. The third kappa shape index (κ3) is 2.58. The molecule has 0 spiro atoms. The topological polar surface area (TPSA) is 49.5 Å². The number of esters is 1. The summed E-state index contributed by atoms with van der Waals surface area (Å²) in [6, 6.07) is 0.107. The Balaban J connectivity index is 2.40. The Morgan fingerprint density at radius 3 is 3.00 bits per heavy atom. The number of hydrogen-bond donors (Lipinski definition) is 1. The van der Waals surface area contributed by atoms with Crippen LogP contribution in [0.5, 0.6) is 0 Å². The number of hydrogen-bond acceptors (Lipinski definition) is 3. The molecule has 0 radical (unpaired) electrons. The zero-order valence-corrected chi connectivity index (χ0v) is 8.56. The van der Waals surface area contributed by atoms with Gasteiger partial charge in [-0.1, -0.05) is 6.08 Å². The first-order valence-electron chi connectivity index (χ1n) is 4.70. The summed E-state index contributed by atoms with van der Waals surface area (Å²) >= 11 is 0. The highest BCUT2D eigenvalue weighted by Crippen LogP contribution is 2.14. The maximum Gasteiger partial charge on any atom is 0.330 e. The van der Waals surface area contributed by atoms with E-state index in [-0.39, 0.29) is 12.0 Å². The molecule has 0 amide bonds. The van der Waals surface area contributed by atoms with E-state index in [0.29, 0.717) is 6.42 Å². The van der Waals surface area contributed by atoms with Crippen molar-refractivity contribution in [2.24, 2.45) is 0 Å². The Hall–Kier alpha value is -1.32. The van der Waals surface area contributed by atoms with Crippen molar-refractivity contribution in [3.05, 3.63) is 12.2 Å². The van der Waals surface area contributed by atoms with Crippen molar-refractivity contribution >= 4 is 11.7 Å². The van der Waals surface area contributed by atoms with E-state index >= 15 is 0 Å². The van der Waals surface area contributed by atoms with E-state index in [0.717, 1.165) is 18.6 Å². The molecule has 4 heteroatoms. The molecule has 1 atom stereocenters. The zero-order chi connectivity index (χ0) is 10.6. The van der Waals surface area contributed by atoms with Crippen molar-refractivity contribution in [3.63, 3.8) is 0 Å². The van der Waals surface area contributed by atoms with Gasteiger partial charge in [-0.15, -0.1) is 0 Å². The van der Waals surface area contributed by atoms with Gasteiger partial charge in [0, 0.05) is 32.3 Å². The van der Waals surface area contributed by atoms with Crippen LogP contribution in [-0.4, -0.2) is 34.8 Å². The van der Waals surface area contributed by atoms with Gasteiger partial charge < -0.3 is 4.74 Å². The van der Waals surface area contributed by atoms with Crippen LogP contribution in [0.15, 0.2) is 12.2 Å². The number of carbonyl (C=O) groups is 1. The molecule has 1 heterocycles. The van der Waals surface area contributed by atoms with E-state index in [1.165, 1.54) is 17.9 Å². The number of methoxy groups -OCH3 is 1. The van der Waals surface area contributed by atoms with E-state index in [9.17, 15) is 10.0 Å². The maximum atomic E-state index is 10.7. The van der Waals surface area contributed by atoms with Crippen LogP contribution >= 0.6 is 0 Å². The van der Waals surface area contributed by atoms with E-state index in [4.69, 9.17) is 0 Å². The molecule has 0 aromatic rings. The fourth-order valence-corrected chi connectivity index (χ4v) is 1.53. The van der Waals surface area contributed by atoms with Gasteiger partial charge in [0.25, 0.3) is 0 Å². The first-order chi connectivity index (χ1) is 6.65. The maximum absolute atomic E-state index is 10.7. The Kier molecular flexibility index (Phi) is 3.68. The van der Waals surface area contributed by atoms with Crippen LogP contribution in [0.1, 0.15) is 26.2 Å². The summed E-state index contributed by atoms with van der Waals surface area (Å²) in [4.78, 5) is 10.7. The molecule has 0 fully saturated rings. The van der Waals surface area contributed by atoms with Crippen LogP contribution in [-0.2, 0) is 9.53 Å². The lowest BCUT2D eigenvalue weighted by Crippen LogP contribution is -2.19. The van der Waals surface area contributed by atoms with Crippen molar-refractivity contribution in [3.8, 4) is 0 Å². The van der Waals surface area contributed by atoms with Crippen molar-refractivity contribution in [2.45, 2.75) is 32.2 Å². The highest BCUT2D eigenvalue weighted by Gasteiger charge is 2.29. The Morgan fingerprint density at radius 1 is 1.79 bits per heavy atom. The number of rotatable bonds is 3. The van der Waals surface area contributed by atoms with Crippen molar-refractivity contribution in [2.75, 3.05) is 7.11 Å². The molecule has 1 N–H and O–H groups in total. The van der Waals surface area contributed by atoms with E-state index in [2.05, 4.69) is 4.74 Å². The second-order valence-corrected chi connectivity index (χ2v) is 3.43. The zero-order valence-electron chi connectivity index (χ0n) is 8.56. The molecule has 1 aliphatic heterocycles. The molecule has 14 heavy (non-hydrogen) atoms. The van der Waals surface area contributed by atoms with Gasteiger partial charge in [-0.05, 0) is 4.74 Å². The molecule has 4 nitrogen and oxygen atoms in total. The predicted molar refractivity (Wildman–Crippen MR) is 51.5 cm³/mol. The Bertz CT molecular complexity index is 281. The molecule has 1 aliphatic rings. The molecule has 78 valence electrons. The standard InChI is InChI=1S/C10H16NO3/c1-8-6-7-9(11(8)13)4-3-5-10(12)14-2/h3,5,9,13H,4,6-7H2,1-2H3/q+1. The Morgan fingerprint density at radius 2 is 2.50 bits per heavy atom. The van der Waals surface area contributed by atoms with Crippen molar-refractivity contribution < 1.29 is 19.5 Å². The summed E-state index contributed by atoms with van der Waals surface area (Å²) in [5, 5.41) is 9.53. The largest absolute Gasteiger partial charge is 0.466 e. The van der Waals surface area contributed by atoms with Crippen molar-refractivity contribution in [1.29, 1.82) is 0 Å². The van der Waals surface area contributed by atoms with Crippen LogP contribution in [0.4, 0.5) is 0 Å². The normalized spacial score (nSPS) is 22.0. The molecule has 0 saturated heterocycles. The average Bonchev–Trinajstić information content (AvgIpc) is 2.49. The summed E-state index contributed by atoms with van der Waals surface area (Å²) in [5.74, 6) is -0.354. The first kappa shape index (κ1) is 10.8. The van der Waals surface area contributed by atoms with Gasteiger partial charge in [-0.25, -0.2) is 4.79 Å². The number of hydroxylamine groups is 1. The van der Waals surface area contributed by atoms with Gasteiger partial charge in [0.15, 0.2) is 0 Å². The van der Waals surface area contributed by atoms with Crippen LogP contribution in [0.3, 0.4) is 0 Å². The van der Waals surface area contributed by atoms with Gasteiger partial charge in [0.2, 0.25) is 11.8 Å². The number of ether oxygens (including phenoxy) is 1. The third-order valence-corrected chi connectivity index (χ3v) is 2.44. The van der Waals surface area contributed by atoms with Crippen LogP contribution in [0.25, 0.3) is 0 Å². The minimum Gasteiger partial charge on any atom is -0.466 e. The smallest absolute Gasteiger partial charge is 0.330 e. The lowest BCUT2D eigenvalue weighted by atomic mass is 10.1. The third-order valence-electron chi connectivity index (χ3n) is 2.44.